The predicted octanol–water partition coefficient (Wildman–Crippen LogP) is 3.02. The standard InChI is InChI=1S/C14H21BrN2/c1-2-8-16-14-7-9-17(11-14)10-12-3-5-13(15)6-4-12/h3-6,14,16H,2,7-11H2,1H3. The molecule has 2 nitrogen and oxygen atoms in total. The summed E-state index contributed by atoms with van der Waals surface area (Å²) in [6.45, 7) is 6.86. The number of rotatable bonds is 5. The Morgan fingerprint density at radius 2 is 2.12 bits per heavy atom. The van der Waals surface area contributed by atoms with Gasteiger partial charge in [0.05, 0.1) is 0 Å². The highest BCUT2D eigenvalue weighted by molar-refractivity contribution is 9.10. The third kappa shape index (κ3) is 4.09. The van der Waals surface area contributed by atoms with Crippen molar-refractivity contribution in [3.8, 4) is 0 Å². The summed E-state index contributed by atoms with van der Waals surface area (Å²) in [5, 5.41) is 3.61. The first-order chi connectivity index (χ1) is 8.28. The molecule has 0 spiro atoms. The molecule has 1 heterocycles. The van der Waals surface area contributed by atoms with Gasteiger partial charge in [-0.1, -0.05) is 35.0 Å². The van der Waals surface area contributed by atoms with E-state index in [0.717, 1.165) is 17.6 Å². The second-order valence-electron chi connectivity index (χ2n) is 4.80. The summed E-state index contributed by atoms with van der Waals surface area (Å²) in [5.41, 5.74) is 1.41. The van der Waals surface area contributed by atoms with E-state index in [1.807, 2.05) is 0 Å². The van der Waals surface area contributed by atoms with Gasteiger partial charge in [-0.25, -0.2) is 0 Å². The molecule has 1 saturated heterocycles. The van der Waals surface area contributed by atoms with E-state index in [2.05, 4.69) is 57.3 Å². The fourth-order valence-corrected chi connectivity index (χ4v) is 2.60. The molecule has 0 radical (unpaired) electrons. The van der Waals surface area contributed by atoms with Crippen LogP contribution in [0.4, 0.5) is 0 Å². The van der Waals surface area contributed by atoms with Crippen molar-refractivity contribution < 1.29 is 0 Å². The van der Waals surface area contributed by atoms with E-state index in [1.54, 1.807) is 0 Å². The Hall–Kier alpha value is -0.380. The van der Waals surface area contributed by atoms with Crippen LogP contribution in [0.3, 0.4) is 0 Å². The number of nitrogens with zero attached hydrogens (tertiary/aromatic N) is 1. The molecule has 94 valence electrons. The zero-order valence-electron chi connectivity index (χ0n) is 10.5. The molecule has 2 rings (SSSR count). The molecule has 0 aromatic heterocycles. The number of hydrogen-bond donors (Lipinski definition) is 1. The van der Waals surface area contributed by atoms with Crippen LogP contribution in [0, 0.1) is 0 Å². The highest BCUT2D eigenvalue weighted by Gasteiger charge is 2.21. The molecule has 0 saturated carbocycles. The van der Waals surface area contributed by atoms with E-state index in [0.29, 0.717) is 6.04 Å². The summed E-state index contributed by atoms with van der Waals surface area (Å²) < 4.78 is 1.16. The molecular weight excluding hydrogens is 276 g/mol. The topological polar surface area (TPSA) is 15.3 Å². The minimum absolute atomic E-state index is 0.699. The van der Waals surface area contributed by atoms with Crippen molar-refractivity contribution in [3.05, 3.63) is 34.3 Å². The maximum Gasteiger partial charge on any atom is 0.0234 e. The lowest BCUT2D eigenvalue weighted by atomic mass is 10.2. The maximum atomic E-state index is 3.61. The molecule has 1 N–H and O–H groups in total. The van der Waals surface area contributed by atoms with Crippen LogP contribution in [0.5, 0.6) is 0 Å². The lowest BCUT2D eigenvalue weighted by Gasteiger charge is -2.16. The van der Waals surface area contributed by atoms with E-state index in [1.165, 1.54) is 31.5 Å². The first-order valence-corrected chi connectivity index (χ1v) is 7.27. The zero-order chi connectivity index (χ0) is 12.1. The smallest absolute Gasteiger partial charge is 0.0234 e. The molecule has 17 heavy (non-hydrogen) atoms. The van der Waals surface area contributed by atoms with Gasteiger partial charge >= 0.3 is 0 Å². The summed E-state index contributed by atoms with van der Waals surface area (Å²) in [7, 11) is 0. The van der Waals surface area contributed by atoms with E-state index >= 15 is 0 Å². The molecule has 3 heteroatoms. The van der Waals surface area contributed by atoms with E-state index in [9.17, 15) is 0 Å². The van der Waals surface area contributed by atoms with Crippen LogP contribution in [-0.2, 0) is 6.54 Å². The lowest BCUT2D eigenvalue weighted by molar-refractivity contribution is 0.320. The van der Waals surface area contributed by atoms with Crippen LogP contribution in [0.2, 0.25) is 0 Å². The van der Waals surface area contributed by atoms with Crippen molar-refractivity contribution in [3.63, 3.8) is 0 Å². The van der Waals surface area contributed by atoms with Gasteiger partial charge in [0.15, 0.2) is 0 Å². The van der Waals surface area contributed by atoms with Gasteiger partial charge in [0.25, 0.3) is 0 Å². The highest BCUT2D eigenvalue weighted by atomic mass is 79.9. The summed E-state index contributed by atoms with van der Waals surface area (Å²) in [6, 6.07) is 9.36. The third-order valence-corrected chi connectivity index (χ3v) is 3.80. The van der Waals surface area contributed by atoms with Crippen LogP contribution in [0.1, 0.15) is 25.3 Å². The largest absolute Gasteiger partial charge is 0.313 e. The summed E-state index contributed by atoms with van der Waals surface area (Å²) >= 11 is 3.47. The van der Waals surface area contributed by atoms with Gasteiger partial charge in [-0.05, 0) is 37.1 Å². The van der Waals surface area contributed by atoms with E-state index in [-0.39, 0.29) is 0 Å². The Labute approximate surface area is 113 Å². The van der Waals surface area contributed by atoms with E-state index < -0.39 is 0 Å². The number of hydrogen-bond acceptors (Lipinski definition) is 2. The minimum atomic E-state index is 0.699. The Morgan fingerprint density at radius 3 is 2.82 bits per heavy atom. The molecule has 1 aromatic carbocycles. The lowest BCUT2D eigenvalue weighted by Crippen LogP contribution is -2.32. The summed E-state index contributed by atoms with van der Waals surface area (Å²) in [6.07, 6.45) is 2.51. The van der Waals surface area contributed by atoms with Crippen LogP contribution >= 0.6 is 15.9 Å². The van der Waals surface area contributed by atoms with Crippen molar-refractivity contribution in [2.45, 2.75) is 32.4 Å². The Kier molecular flexibility index (Phi) is 5.01. The highest BCUT2D eigenvalue weighted by Crippen LogP contribution is 2.16. The van der Waals surface area contributed by atoms with Crippen molar-refractivity contribution in [1.82, 2.24) is 10.2 Å². The first kappa shape index (κ1) is 13.1. The van der Waals surface area contributed by atoms with E-state index in [4.69, 9.17) is 0 Å². The van der Waals surface area contributed by atoms with Crippen molar-refractivity contribution >= 4 is 15.9 Å². The van der Waals surface area contributed by atoms with Gasteiger partial charge in [0.1, 0.15) is 0 Å². The molecule has 0 aliphatic carbocycles. The van der Waals surface area contributed by atoms with Gasteiger partial charge in [-0.2, -0.15) is 0 Å². The summed E-state index contributed by atoms with van der Waals surface area (Å²) in [5.74, 6) is 0. The molecule has 1 aromatic rings. The second kappa shape index (κ2) is 6.53. The van der Waals surface area contributed by atoms with Gasteiger partial charge < -0.3 is 5.32 Å². The van der Waals surface area contributed by atoms with Gasteiger partial charge in [0, 0.05) is 30.1 Å². The third-order valence-electron chi connectivity index (χ3n) is 3.27. The molecular formula is C14H21BrN2. The SMILES string of the molecule is CCCNC1CCN(Cc2ccc(Br)cc2)C1. The fraction of sp³-hybridized carbons (Fsp3) is 0.571. The maximum absolute atomic E-state index is 3.61. The molecule has 1 aliphatic rings. The van der Waals surface area contributed by atoms with Crippen LogP contribution in [0.15, 0.2) is 28.7 Å². The van der Waals surface area contributed by atoms with Crippen LogP contribution in [-0.4, -0.2) is 30.6 Å². The van der Waals surface area contributed by atoms with Gasteiger partial charge in [-0.3, -0.25) is 4.90 Å². The minimum Gasteiger partial charge on any atom is -0.313 e. The first-order valence-electron chi connectivity index (χ1n) is 6.48. The van der Waals surface area contributed by atoms with Gasteiger partial charge in [-0.15, -0.1) is 0 Å². The Balaban J connectivity index is 1.79. The molecule has 0 amide bonds. The Morgan fingerprint density at radius 1 is 1.35 bits per heavy atom. The Bertz CT molecular complexity index is 337. The normalized spacial score (nSPS) is 20.9. The molecule has 1 atom stereocenters. The monoisotopic (exact) mass is 296 g/mol. The van der Waals surface area contributed by atoms with Crippen LogP contribution < -0.4 is 5.32 Å². The average Bonchev–Trinajstić information content (AvgIpc) is 2.77. The van der Waals surface area contributed by atoms with Crippen LogP contribution in [0.25, 0.3) is 0 Å². The van der Waals surface area contributed by atoms with Gasteiger partial charge in [0.2, 0.25) is 0 Å². The van der Waals surface area contributed by atoms with Crippen molar-refractivity contribution in [1.29, 1.82) is 0 Å². The molecule has 1 unspecified atom stereocenters. The predicted molar refractivity (Wildman–Crippen MR) is 76.1 cm³/mol. The average molecular weight is 297 g/mol. The molecule has 1 aliphatic heterocycles. The van der Waals surface area contributed by atoms with Crippen molar-refractivity contribution in [2.24, 2.45) is 0 Å². The number of halogens is 1. The van der Waals surface area contributed by atoms with Crippen molar-refractivity contribution in [2.75, 3.05) is 19.6 Å². The summed E-state index contributed by atoms with van der Waals surface area (Å²) in [4.78, 5) is 2.54. The molecule has 0 bridgehead atoms. The second-order valence-corrected chi connectivity index (χ2v) is 5.72. The quantitative estimate of drug-likeness (QED) is 0.898. The number of likely N-dealkylation sites (tertiary alicyclic amines) is 1. The fourth-order valence-electron chi connectivity index (χ4n) is 2.34. The molecule has 1 fully saturated rings. The number of nitrogens with one attached hydrogen (secondary N) is 1. The number of benzene rings is 1. The zero-order valence-corrected chi connectivity index (χ0v) is 12.0.